The third kappa shape index (κ3) is 2.59. The molecule has 0 unspecified atom stereocenters. The Morgan fingerprint density at radius 2 is 1.85 bits per heavy atom. The van der Waals surface area contributed by atoms with E-state index in [2.05, 4.69) is 5.32 Å². The van der Waals surface area contributed by atoms with Crippen molar-refractivity contribution in [3.8, 4) is 0 Å². The number of methoxy groups -OCH3 is 1. The lowest BCUT2D eigenvalue weighted by Crippen LogP contribution is -2.08. The number of nitrogen functional groups attached to an aromatic ring is 1. The number of aryl methyl sites for hydroxylation is 1. The van der Waals surface area contributed by atoms with Gasteiger partial charge >= 0.3 is 5.97 Å². The number of esters is 1. The molecule has 0 fully saturated rings. The first kappa shape index (κ1) is 13.9. The standard InChI is InChI=1S/C16H18N2O2/c1-10-6-4-9-14(11(10)2)18-15-12(16(19)20-3)7-5-8-13(15)17/h4-9,18H,17H2,1-3H3. The first-order valence-corrected chi connectivity index (χ1v) is 6.34. The van der Waals surface area contributed by atoms with E-state index in [0.29, 0.717) is 16.9 Å². The number of hydrogen-bond donors (Lipinski definition) is 2. The second kappa shape index (κ2) is 5.65. The van der Waals surface area contributed by atoms with Crippen molar-refractivity contribution in [1.29, 1.82) is 0 Å². The second-order valence-corrected chi connectivity index (χ2v) is 4.63. The molecule has 0 spiro atoms. The van der Waals surface area contributed by atoms with Gasteiger partial charge in [0.05, 0.1) is 24.0 Å². The van der Waals surface area contributed by atoms with Crippen molar-refractivity contribution < 1.29 is 9.53 Å². The zero-order valence-corrected chi connectivity index (χ0v) is 11.9. The minimum absolute atomic E-state index is 0.412. The lowest BCUT2D eigenvalue weighted by atomic mass is 10.1. The van der Waals surface area contributed by atoms with E-state index in [9.17, 15) is 4.79 Å². The molecule has 2 aromatic carbocycles. The summed E-state index contributed by atoms with van der Waals surface area (Å²) in [5.74, 6) is -0.412. The number of rotatable bonds is 3. The Labute approximate surface area is 118 Å². The van der Waals surface area contributed by atoms with E-state index in [0.717, 1.165) is 11.3 Å². The Bertz CT molecular complexity index is 651. The van der Waals surface area contributed by atoms with Crippen molar-refractivity contribution in [3.63, 3.8) is 0 Å². The molecule has 2 aromatic rings. The number of nitrogens with two attached hydrogens (primary N) is 1. The maximum Gasteiger partial charge on any atom is 0.340 e. The summed E-state index contributed by atoms with van der Waals surface area (Å²) < 4.78 is 4.79. The summed E-state index contributed by atoms with van der Waals surface area (Å²) in [5, 5.41) is 3.24. The molecule has 0 amide bonds. The zero-order valence-electron chi connectivity index (χ0n) is 11.9. The highest BCUT2D eigenvalue weighted by Gasteiger charge is 2.15. The van der Waals surface area contributed by atoms with Crippen LogP contribution in [0, 0.1) is 13.8 Å². The molecule has 0 saturated carbocycles. The molecule has 0 radical (unpaired) electrons. The van der Waals surface area contributed by atoms with Crippen LogP contribution < -0.4 is 11.1 Å². The summed E-state index contributed by atoms with van der Waals surface area (Å²) in [4.78, 5) is 11.8. The van der Waals surface area contributed by atoms with Crippen LogP contribution in [-0.2, 0) is 4.74 Å². The quantitative estimate of drug-likeness (QED) is 0.662. The van der Waals surface area contributed by atoms with E-state index < -0.39 is 5.97 Å². The van der Waals surface area contributed by atoms with E-state index in [4.69, 9.17) is 10.5 Å². The minimum Gasteiger partial charge on any atom is -0.465 e. The van der Waals surface area contributed by atoms with Crippen LogP contribution in [0.15, 0.2) is 36.4 Å². The maximum absolute atomic E-state index is 11.8. The third-order valence-electron chi connectivity index (χ3n) is 3.37. The SMILES string of the molecule is COC(=O)c1cccc(N)c1Nc1cccc(C)c1C. The summed E-state index contributed by atoms with van der Waals surface area (Å²) in [6, 6.07) is 11.1. The molecule has 0 saturated heterocycles. The molecule has 4 nitrogen and oxygen atoms in total. The molecule has 20 heavy (non-hydrogen) atoms. The van der Waals surface area contributed by atoms with Gasteiger partial charge in [0.2, 0.25) is 0 Å². The number of carbonyl (C=O) groups is 1. The largest absolute Gasteiger partial charge is 0.465 e. The Morgan fingerprint density at radius 1 is 1.15 bits per heavy atom. The number of hydrogen-bond acceptors (Lipinski definition) is 4. The first-order chi connectivity index (χ1) is 9.54. The van der Waals surface area contributed by atoms with Crippen molar-refractivity contribution >= 4 is 23.0 Å². The number of ether oxygens (including phenoxy) is 1. The minimum atomic E-state index is -0.412. The topological polar surface area (TPSA) is 64.3 Å². The van der Waals surface area contributed by atoms with Crippen LogP contribution in [0.4, 0.5) is 17.1 Å². The highest BCUT2D eigenvalue weighted by molar-refractivity contribution is 6.00. The van der Waals surface area contributed by atoms with Crippen LogP contribution in [-0.4, -0.2) is 13.1 Å². The number of para-hydroxylation sites is 1. The highest BCUT2D eigenvalue weighted by Crippen LogP contribution is 2.30. The van der Waals surface area contributed by atoms with Crippen LogP contribution in [0.2, 0.25) is 0 Å². The molecule has 0 aliphatic rings. The highest BCUT2D eigenvalue weighted by atomic mass is 16.5. The van der Waals surface area contributed by atoms with Gasteiger partial charge < -0.3 is 15.8 Å². The zero-order chi connectivity index (χ0) is 14.7. The van der Waals surface area contributed by atoms with Crippen LogP contribution in [0.25, 0.3) is 0 Å². The lowest BCUT2D eigenvalue weighted by molar-refractivity contribution is 0.0602. The molecule has 0 heterocycles. The van der Waals surface area contributed by atoms with Crippen molar-refractivity contribution in [2.45, 2.75) is 13.8 Å². The molecular formula is C16H18N2O2. The van der Waals surface area contributed by atoms with Crippen molar-refractivity contribution in [2.24, 2.45) is 0 Å². The van der Waals surface area contributed by atoms with E-state index in [1.54, 1.807) is 18.2 Å². The first-order valence-electron chi connectivity index (χ1n) is 6.34. The summed E-state index contributed by atoms with van der Waals surface area (Å²) in [7, 11) is 1.35. The second-order valence-electron chi connectivity index (χ2n) is 4.63. The van der Waals surface area contributed by atoms with E-state index in [-0.39, 0.29) is 0 Å². The Balaban J connectivity index is 2.48. The van der Waals surface area contributed by atoms with Gasteiger partial charge in [0.15, 0.2) is 0 Å². The fraction of sp³-hybridized carbons (Fsp3) is 0.188. The smallest absolute Gasteiger partial charge is 0.340 e. The monoisotopic (exact) mass is 270 g/mol. The maximum atomic E-state index is 11.8. The lowest BCUT2D eigenvalue weighted by Gasteiger charge is -2.16. The summed E-state index contributed by atoms with van der Waals surface area (Å²) >= 11 is 0. The van der Waals surface area contributed by atoms with Crippen LogP contribution in [0.5, 0.6) is 0 Å². The van der Waals surface area contributed by atoms with E-state index in [1.165, 1.54) is 12.7 Å². The Kier molecular flexibility index (Phi) is 3.94. The van der Waals surface area contributed by atoms with Gasteiger partial charge in [-0.15, -0.1) is 0 Å². The molecule has 3 N–H and O–H groups in total. The summed E-state index contributed by atoms with van der Waals surface area (Å²) in [6.07, 6.45) is 0. The normalized spacial score (nSPS) is 10.2. The molecule has 2 rings (SSSR count). The van der Waals surface area contributed by atoms with Gasteiger partial charge in [-0.25, -0.2) is 4.79 Å². The Morgan fingerprint density at radius 3 is 2.55 bits per heavy atom. The average molecular weight is 270 g/mol. The Hall–Kier alpha value is -2.49. The van der Waals surface area contributed by atoms with E-state index in [1.807, 2.05) is 32.0 Å². The summed E-state index contributed by atoms with van der Waals surface area (Å²) in [6.45, 7) is 4.06. The molecule has 0 aromatic heterocycles. The van der Waals surface area contributed by atoms with Crippen molar-refractivity contribution in [3.05, 3.63) is 53.1 Å². The van der Waals surface area contributed by atoms with Gasteiger partial charge in [0, 0.05) is 5.69 Å². The third-order valence-corrected chi connectivity index (χ3v) is 3.37. The molecule has 0 aliphatic carbocycles. The fourth-order valence-electron chi connectivity index (χ4n) is 2.01. The number of anilines is 3. The van der Waals surface area contributed by atoms with Crippen molar-refractivity contribution in [1.82, 2.24) is 0 Å². The van der Waals surface area contributed by atoms with Gasteiger partial charge in [-0.1, -0.05) is 18.2 Å². The summed E-state index contributed by atoms with van der Waals surface area (Å²) in [5.41, 5.74) is 10.7. The van der Waals surface area contributed by atoms with Crippen LogP contribution in [0.1, 0.15) is 21.5 Å². The van der Waals surface area contributed by atoms with Gasteiger partial charge in [0.25, 0.3) is 0 Å². The van der Waals surface area contributed by atoms with Gasteiger partial charge in [-0.3, -0.25) is 0 Å². The van der Waals surface area contributed by atoms with Crippen LogP contribution in [0.3, 0.4) is 0 Å². The van der Waals surface area contributed by atoms with Gasteiger partial charge in [0.1, 0.15) is 0 Å². The molecular weight excluding hydrogens is 252 g/mol. The molecule has 104 valence electrons. The number of carbonyl (C=O) groups excluding carboxylic acids is 1. The molecule has 4 heteroatoms. The molecule has 0 bridgehead atoms. The van der Waals surface area contributed by atoms with Gasteiger partial charge in [-0.2, -0.15) is 0 Å². The van der Waals surface area contributed by atoms with Crippen LogP contribution >= 0.6 is 0 Å². The fourth-order valence-corrected chi connectivity index (χ4v) is 2.01. The molecule has 0 aliphatic heterocycles. The number of nitrogens with one attached hydrogen (secondary N) is 1. The van der Waals surface area contributed by atoms with Gasteiger partial charge in [-0.05, 0) is 43.2 Å². The molecule has 0 atom stereocenters. The van der Waals surface area contributed by atoms with E-state index >= 15 is 0 Å². The van der Waals surface area contributed by atoms with Crippen molar-refractivity contribution in [2.75, 3.05) is 18.2 Å². The predicted octanol–water partition coefficient (Wildman–Crippen LogP) is 3.42. The predicted molar refractivity (Wildman–Crippen MR) is 81.4 cm³/mol. The average Bonchev–Trinajstić information content (AvgIpc) is 2.45. The number of benzene rings is 2.